The fraction of sp³-hybridized carbons (Fsp3) is 0.214. The number of carbonyl (C=O) groups is 2. The number of methoxy groups -OCH3 is 1. The lowest BCUT2D eigenvalue weighted by molar-refractivity contribution is -0.136. The van der Waals surface area contributed by atoms with E-state index in [9.17, 15) is 9.59 Å². The Morgan fingerprint density at radius 2 is 1.91 bits per heavy atom. The number of nitrogens with two attached hydrogens (primary N) is 1. The van der Waals surface area contributed by atoms with Crippen molar-refractivity contribution in [1.29, 1.82) is 0 Å². The van der Waals surface area contributed by atoms with Gasteiger partial charge in [0.25, 0.3) is 0 Å². The molecule has 5 rings (SSSR count). The van der Waals surface area contributed by atoms with Crippen molar-refractivity contribution in [3.05, 3.63) is 99.1 Å². The lowest BCUT2D eigenvalue weighted by atomic mass is 9.77. The molecule has 1 aliphatic heterocycles. The summed E-state index contributed by atoms with van der Waals surface area (Å²) in [6, 6.07) is 19.9. The van der Waals surface area contributed by atoms with Crippen LogP contribution in [0.5, 0.6) is 5.75 Å². The fourth-order valence-corrected chi connectivity index (χ4v) is 5.30. The van der Waals surface area contributed by atoms with Crippen LogP contribution in [0.4, 0.5) is 0 Å². The highest BCUT2D eigenvalue weighted by atomic mass is 79.9. The summed E-state index contributed by atoms with van der Waals surface area (Å²) in [6.07, 6.45) is 1.69. The third kappa shape index (κ3) is 4.32. The molecule has 0 spiro atoms. The van der Waals surface area contributed by atoms with Crippen LogP contribution in [0.2, 0.25) is 0 Å². The van der Waals surface area contributed by atoms with Gasteiger partial charge in [0.2, 0.25) is 5.88 Å². The highest BCUT2D eigenvalue weighted by Gasteiger charge is 2.41. The Hall–Kier alpha value is -3.58. The molecule has 2 aliphatic rings. The number of hydrogen-bond donors (Lipinski definition) is 1. The average Bonchev–Trinajstić information content (AvgIpc) is 2.87. The molecule has 1 aliphatic carbocycles. The Morgan fingerprint density at radius 3 is 2.71 bits per heavy atom. The number of fused-ring (bicyclic) bond motifs is 1. The van der Waals surface area contributed by atoms with Gasteiger partial charge in [-0.1, -0.05) is 48.5 Å². The molecule has 7 heteroatoms. The molecule has 0 fully saturated rings. The minimum atomic E-state index is -0.664. The molecule has 3 aromatic rings. The van der Waals surface area contributed by atoms with Gasteiger partial charge in [0.1, 0.15) is 23.7 Å². The van der Waals surface area contributed by atoms with Gasteiger partial charge in [-0.05, 0) is 56.4 Å². The standard InChI is InChI=1S/C28H24BrNO5/c1-33-28(32)26-24(25-21(31)10-5-11-23(25)35-27(26)30)17-12-13-22(20(29)14-17)34-15-18-8-4-7-16-6-2-3-9-19(16)18/h2-4,6-9,12-14,24H,5,10-11,15,30H2,1H3/t24-/m0/s1. The first kappa shape index (κ1) is 23.2. The normalized spacial score (nSPS) is 17.8. The molecule has 0 unspecified atom stereocenters. The number of carbonyl (C=O) groups excluding carboxylic acids is 2. The SMILES string of the molecule is COC(=O)C1=C(N)OC2=C(C(=O)CCC2)[C@@H]1c1ccc(OCc2cccc3ccccc23)c(Br)c1. The fourth-order valence-electron chi connectivity index (χ4n) is 4.79. The molecule has 0 aromatic heterocycles. The molecule has 0 amide bonds. The van der Waals surface area contributed by atoms with E-state index in [2.05, 4.69) is 34.1 Å². The van der Waals surface area contributed by atoms with E-state index < -0.39 is 11.9 Å². The van der Waals surface area contributed by atoms with E-state index in [4.69, 9.17) is 19.9 Å². The summed E-state index contributed by atoms with van der Waals surface area (Å²) in [5, 5.41) is 2.30. The number of benzene rings is 3. The van der Waals surface area contributed by atoms with Gasteiger partial charge in [-0.15, -0.1) is 0 Å². The minimum Gasteiger partial charge on any atom is -0.488 e. The molecule has 0 bridgehead atoms. The Balaban J connectivity index is 1.48. The van der Waals surface area contributed by atoms with Crippen molar-refractivity contribution < 1.29 is 23.8 Å². The molecular formula is C28H24BrNO5. The number of ether oxygens (including phenoxy) is 3. The quantitative estimate of drug-likeness (QED) is 0.426. The van der Waals surface area contributed by atoms with Gasteiger partial charge >= 0.3 is 5.97 Å². The Kier molecular flexibility index (Phi) is 6.34. The molecule has 2 N–H and O–H groups in total. The number of hydrogen-bond acceptors (Lipinski definition) is 6. The van der Waals surface area contributed by atoms with Crippen molar-refractivity contribution in [3.8, 4) is 5.75 Å². The monoisotopic (exact) mass is 533 g/mol. The summed E-state index contributed by atoms with van der Waals surface area (Å²) in [6.45, 7) is 0.393. The molecule has 0 radical (unpaired) electrons. The van der Waals surface area contributed by atoms with Crippen molar-refractivity contribution in [3.63, 3.8) is 0 Å². The second-order valence-corrected chi connectivity index (χ2v) is 9.39. The van der Waals surface area contributed by atoms with Gasteiger partial charge in [-0.3, -0.25) is 4.79 Å². The van der Waals surface area contributed by atoms with Gasteiger partial charge in [-0.2, -0.15) is 0 Å². The number of rotatable bonds is 5. The van der Waals surface area contributed by atoms with Crippen LogP contribution in [-0.2, 0) is 25.7 Å². The topological polar surface area (TPSA) is 87.9 Å². The minimum absolute atomic E-state index is 0.0253. The van der Waals surface area contributed by atoms with Crippen LogP contribution in [0.1, 0.15) is 36.3 Å². The van der Waals surface area contributed by atoms with E-state index in [0.29, 0.717) is 47.4 Å². The predicted octanol–water partition coefficient (Wildman–Crippen LogP) is 5.65. The zero-order chi connectivity index (χ0) is 24.5. The van der Waals surface area contributed by atoms with Crippen molar-refractivity contribution in [2.75, 3.05) is 7.11 Å². The number of ketones is 1. The van der Waals surface area contributed by atoms with E-state index in [1.807, 2.05) is 42.5 Å². The largest absolute Gasteiger partial charge is 0.488 e. The number of allylic oxidation sites excluding steroid dienone is 2. The first-order valence-corrected chi connectivity index (χ1v) is 12.2. The molecule has 6 nitrogen and oxygen atoms in total. The summed E-state index contributed by atoms with van der Waals surface area (Å²) >= 11 is 3.61. The van der Waals surface area contributed by atoms with E-state index in [0.717, 1.165) is 21.9 Å². The van der Waals surface area contributed by atoms with Gasteiger partial charge in [-0.25, -0.2) is 4.79 Å². The lowest BCUT2D eigenvalue weighted by Crippen LogP contribution is -2.31. The number of esters is 1. The van der Waals surface area contributed by atoms with Crippen LogP contribution in [0.15, 0.2) is 87.9 Å². The van der Waals surface area contributed by atoms with Crippen molar-refractivity contribution in [2.45, 2.75) is 31.8 Å². The zero-order valence-corrected chi connectivity index (χ0v) is 20.8. The lowest BCUT2D eigenvalue weighted by Gasteiger charge is -2.32. The van der Waals surface area contributed by atoms with Crippen LogP contribution >= 0.6 is 15.9 Å². The van der Waals surface area contributed by atoms with Crippen LogP contribution in [0.3, 0.4) is 0 Å². The van der Waals surface area contributed by atoms with Crippen LogP contribution in [-0.4, -0.2) is 18.9 Å². The van der Waals surface area contributed by atoms with Gasteiger partial charge in [0.05, 0.1) is 17.5 Å². The molecule has 1 atom stereocenters. The van der Waals surface area contributed by atoms with E-state index in [1.54, 1.807) is 0 Å². The number of Topliss-reactive ketones (excluding diaryl/α,β-unsaturated/α-hetero) is 1. The molecule has 0 saturated heterocycles. The highest BCUT2D eigenvalue weighted by Crippen LogP contribution is 2.45. The second-order valence-electron chi connectivity index (χ2n) is 8.53. The zero-order valence-electron chi connectivity index (χ0n) is 19.2. The Morgan fingerprint density at radius 1 is 1.11 bits per heavy atom. The third-order valence-electron chi connectivity index (χ3n) is 6.44. The van der Waals surface area contributed by atoms with Crippen molar-refractivity contribution >= 4 is 38.5 Å². The van der Waals surface area contributed by atoms with E-state index >= 15 is 0 Å². The smallest absolute Gasteiger partial charge is 0.340 e. The van der Waals surface area contributed by atoms with Gasteiger partial charge in [0, 0.05) is 18.4 Å². The Bertz CT molecular complexity index is 1400. The molecule has 0 saturated carbocycles. The first-order valence-electron chi connectivity index (χ1n) is 11.4. The maximum Gasteiger partial charge on any atom is 0.340 e. The molecule has 35 heavy (non-hydrogen) atoms. The predicted molar refractivity (Wildman–Crippen MR) is 135 cm³/mol. The summed E-state index contributed by atoms with van der Waals surface area (Å²) in [5.41, 5.74) is 8.55. The second kappa shape index (κ2) is 9.58. The molecular weight excluding hydrogens is 510 g/mol. The van der Waals surface area contributed by atoms with E-state index in [1.165, 1.54) is 7.11 Å². The average molecular weight is 534 g/mol. The van der Waals surface area contributed by atoms with Crippen LogP contribution in [0.25, 0.3) is 10.8 Å². The van der Waals surface area contributed by atoms with Crippen LogP contribution in [0, 0.1) is 0 Å². The maximum atomic E-state index is 12.9. The van der Waals surface area contributed by atoms with Crippen LogP contribution < -0.4 is 10.5 Å². The summed E-state index contributed by atoms with van der Waals surface area (Å²) < 4.78 is 17.5. The molecule has 178 valence electrons. The Labute approximate surface area is 211 Å². The van der Waals surface area contributed by atoms with Crippen molar-refractivity contribution in [2.24, 2.45) is 5.73 Å². The van der Waals surface area contributed by atoms with Gasteiger partial charge < -0.3 is 19.9 Å². The van der Waals surface area contributed by atoms with E-state index in [-0.39, 0.29) is 17.2 Å². The molecule has 1 heterocycles. The summed E-state index contributed by atoms with van der Waals surface area (Å²) in [5.74, 6) is -0.175. The molecule has 3 aromatic carbocycles. The summed E-state index contributed by atoms with van der Waals surface area (Å²) in [7, 11) is 1.28. The number of halogens is 1. The third-order valence-corrected chi connectivity index (χ3v) is 7.06. The van der Waals surface area contributed by atoms with Gasteiger partial charge in [0.15, 0.2) is 5.78 Å². The van der Waals surface area contributed by atoms with Crippen molar-refractivity contribution in [1.82, 2.24) is 0 Å². The first-order chi connectivity index (χ1) is 17.0. The maximum absolute atomic E-state index is 12.9. The summed E-state index contributed by atoms with van der Waals surface area (Å²) in [4.78, 5) is 25.6. The highest BCUT2D eigenvalue weighted by molar-refractivity contribution is 9.10.